The Morgan fingerprint density at radius 2 is 2.18 bits per heavy atom. The van der Waals surface area contributed by atoms with E-state index in [2.05, 4.69) is 11.1 Å². The molecule has 0 fully saturated rings. The zero-order chi connectivity index (χ0) is 12.4. The highest BCUT2D eigenvalue weighted by molar-refractivity contribution is 7.14. The molecule has 4 heteroatoms. The summed E-state index contributed by atoms with van der Waals surface area (Å²) in [6.07, 6.45) is 3.68. The molecule has 0 N–H and O–H groups in total. The van der Waals surface area contributed by atoms with E-state index >= 15 is 0 Å². The van der Waals surface area contributed by atoms with Gasteiger partial charge in [0.1, 0.15) is 0 Å². The number of nitrogens with zero attached hydrogens (tertiary/aromatic N) is 1. The van der Waals surface area contributed by atoms with Crippen LogP contribution < -0.4 is 0 Å². The first-order chi connectivity index (χ1) is 8.11. The van der Waals surface area contributed by atoms with Crippen LogP contribution in [-0.4, -0.2) is 4.98 Å². The molecule has 0 aliphatic heterocycles. The van der Waals surface area contributed by atoms with Crippen molar-refractivity contribution in [2.75, 3.05) is 0 Å². The van der Waals surface area contributed by atoms with Crippen LogP contribution in [0.1, 0.15) is 18.2 Å². The monoisotopic (exact) mass is 283 g/mol. The van der Waals surface area contributed by atoms with Gasteiger partial charge in [-0.05, 0) is 31.5 Å². The minimum Gasteiger partial charge on any atom is -0.254 e. The quantitative estimate of drug-likeness (QED) is 0.722. The fourth-order valence-electron chi connectivity index (χ4n) is 1.56. The maximum absolute atomic E-state index is 6.08. The van der Waals surface area contributed by atoms with Crippen molar-refractivity contribution in [3.8, 4) is 10.4 Å². The molecule has 2 rings (SSSR count). The van der Waals surface area contributed by atoms with Gasteiger partial charge >= 0.3 is 0 Å². The van der Waals surface area contributed by atoms with Crippen molar-refractivity contribution in [3.05, 3.63) is 46.1 Å². The summed E-state index contributed by atoms with van der Waals surface area (Å²) in [5, 5.41) is 3.36. The Morgan fingerprint density at radius 1 is 1.41 bits per heavy atom. The molecule has 2 aromatic rings. The van der Waals surface area contributed by atoms with E-state index in [0.29, 0.717) is 5.03 Å². The number of hydrogen-bond acceptors (Lipinski definition) is 2. The molecule has 0 saturated carbocycles. The van der Waals surface area contributed by atoms with Gasteiger partial charge in [-0.1, -0.05) is 29.3 Å². The average Bonchev–Trinajstić information content (AvgIpc) is 2.75. The number of thiophene rings is 1. The SMILES string of the molecule is C/C=C(/Cl)c1ncc(-c2cc(Cl)cs2)cc1C. The fourth-order valence-corrected chi connectivity index (χ4v) is 2.82. The van der Waals surface area contributed by atoms with Crippen molar-refractivity contribution in [2.45, 2.75) is 13.8 Å². The van der Waals surface area contributed by atoms with E-state index in [1.807, 2.05) is 37.6 Å². The molecule has 0 unspecified atom stereocenters. The van der Waals surface area contributed by atoms with Gasteiger partial charge in [0.15, 0.2) is 0 Å². The van der Waals surface area contributed by atoms with Crippen molar-refractivity contribution in [2.24, 2.45) is 0 Å². The van der Waals surface area contributed by atoms with E-state index in [1.165, 1.54) is 0 Å². The van der Waals surface area contributed by atoms with E-state index in [1.54, 1.807) is 11.3 Å². The minimum atomic E-state index is 0.679. The summed E-state index contributed by atoms with van der Waals surface area (Å²) in [7, 11) is 0. The highest BCUT2D eigenvalue weighted by Gasteiger charge is 2.07. The Kier molecular flexibility index (Phi) is 3.87. The summed E-state index contributed by atoms with van der Waals surface area (Å²) >= 11 is 13.6. The normalized spacial score (nSPS) is 11.9. The van der Waals surface area contributed by atoms with E-state index < -0.39 is 0 Å². The van der Waals surface area contributed by atoms with Crippen molar-refractivity contribution < 1.29 is 0 Å². The van der Waals surface area contributed by atoms with Crippen molar-refractivity contribution in [3.63, 3.8) is 0 Å². The van der Waals surface area contributed by atoms with Crippen LogP contribution in [0.4, 0.5) is 0 Å². The van der Waals surface area contributed by atoms with Gasteiger partial charge in [0.25, 0.3) is 0 Å². The van der Waals surface area contributed by atoms with E-state index in [9.17, 15) is 0 Å². The number of pyridine rings is 1. The molecule has 0 atom stereocenters. The molecular weight excluding hydrogens is 273 g/mol. The highest BCUT2D eigenvalue weighted by Crippen LogP contribution is 2.31. The third kappa shape index (κ3) is 2.71. The standard InChI is InChI=1S/C13H11Cl2NS/c1-3-11(15)13-8(2)4-9(6-16-13)12-5-10(14)7-17-12/h3-7H,1-2H3/b11-3+. The van der Waals surface area contributed by atoms with Gasteiger partial charge in [0.2, 0.25) is 0 Å². The Morgan fingerprint density at radius 3 is 2.71 bits per heavy atom. The lowest BCUT2D eigenvalue weighted by molar-refractivity contribution is 1.23. The van der Waals surface area contributed by atoms with E-state index in [4.69, 9.17) is 23.2 Å². The van der Waals surface area contributed by atoms with Crippen LogP contribution in [0.5, 0.6) is 0 Å². The number of hydrogen-bond donors (Lipinski definition) is 0. The van der Waals surface area contributed by atoms with Gasteiger partial charge in [0, 0.05) is 22.0 Å². The molecule has 0 bridgehead atoms. The molecule has 0 aromatic carbocycles. The minimum absolute atomic E-state index is 0.679. The number of rotatable bonds is 2. The summed E-state index contributed by atoms with van der Waals surface area (Å²) in [6, 6.07) is 4.02. The van der Waals surface area contributed by atoms with Crippen LogP contribution in [-0.2, 0) is 0 Å². The maximum atomic E-state index is 6.08. The molecule has 0 saturated heterocycles. The van der Waals surface area contributed by atoms with Crippen LogP contribution in [0, 0.1) is 6.92 Å². The first kappa shape index (κ1) is 12.6. The first-order valence-electron chi connectivity index (χ1n) is 5.15. The average molecular weight is 284 g/mol. The molecule has 0 amide bonds. The predicted molar refractivity (Wildman–Crippen MR) is 76.8 cm³/mol. The van der Waals surface area contributed by atoms with Gasteiger partial charge in [0.05, 0.1) is 15.7 Å². The van der Waals surface area contributed by atoms with Crippen LogP contribution in [0.25, 0.3) is 15.5 Å². The number of halogens is 2. The van der Waals surface area contributed by atoms with Crippen molar-refractivity contribution in [1.29, 1.82) is 0 Å². The van der Waals surface area contributed by atoms with Crippen molar-refractivity contribution in [1.82, 2.24) is 4.98 Å². The molecular formula is C13H11Cl2NS. The van der Waals surface area contributed by atoms with E-state index in [-0.39, 0.29) is 0 Å². The lowest BCUT2D eigenvalue weighted by atomic mass is 10.1. The predicted octanol–water partition coefficient (Wildman–Crippen LogP) is 5.37. The lowest BCUT2D eigenvalue weighted by Gasteiger charge is -2.05. The van der Waals surface area contributed by atoms with Crippen molar-refractivity contribution >= 4 is 39.6 Å². The fraction of sp³-hybridized carbons (Fsp3) is 0.154. The third-order valence-electron chi connectivity index (χ3n) is 2.41. The topological polar surface area (TPSA) is 12.9 Å². The summed E-state index contributed by atoms with van der Waals surface area (Å²) < 4.78 is 0. The lowest BCUT2D eigenvalue weighted by Crippen LogP contribution is -1.90. The highest BCUT2D eigenvalue weighted by atomic mass is 35.5. The summed E-state index contributed by atoms with van der Waals surface area (Å²) in [4.78, 5) is 5.52. The summed E-state index contributed by atoms with van der Waals surface area (Å²) in [5.41, 5.74) is 2.97. The van der Waals surface area contributed by atoms with Gasteiger partial charge in [-0.25, -0.2) is 0 Å². The third-order valence-corrected chi connectivity index (χ3v) is 4.13. The Hall–Kier alpha value is -0.830. The Balaban J connectivity index is 2.44. The van der Waals surface area contributed by atoms with E-state index in [0.717, 1.165) is 26.7 Å². The smallest absolute Gasteiger partial charge is 0.0842 e. The molecule has 0 aliphatic rings. The summed E-state index contributed by atoms with van der Waals surface area (Å²) in [6.45, 7) is 3.91. The number of aromatic nitrogens is 1. The zero-order valence-corrected chi connectivity index (χ0v) is 11.8. The Bertz CT molecular complexity index is 573. The summed E-state index contributed by atoms with van der Waals surface area (Å²) in [5.74, 6) is 0. The molecule has 0 radical (unpaired) electrons. The molecule has 0 spiro atoms. The van der Waals surface area contributed by atoms with Crippen LogP contribution in [0.2, 0.25) is 5.02 Å². The largest absolute Gasteiger partial charge is 0.254 e. The molecule has 2 heterocycles. The van der Waals surface area contributed by atoms with Gasteiger partial charge in [-0.2, -0.15) is 0 Å². The molecule has 1 nitrogen and oxygen atoms in total. The Labute approximate surface area is 115 Å². The molecule has 88 valence electrons. The van der Waals surface area contributed by atoms with Gasteiger partial charge < -0.3 is 0 Å². The van der Waals surface area contributed by atoms with Crippen LogP contribution >= 0.6 is 34.5 Å². The second kappa shape index (κ2) is 5.21. The maximum Gasteiger partial charge on any atom is 0.0842 e. The number of aryl methyl sites for hydroxylation is 1. The molecule has 0 aliphatic carbocycles. The molecule has 17 heavy (non-hydrogen) atoms. The second-order valence-electron chi connectivity index (χ2n) is 3.66. The van der Waals surface area contributed by atoms with Crippen LogP contribution in [0.3, 0.4) is 0 Å². The van der Waals surface area contributed by atoms with Gasteiger partial charge in [-0.15, -0.1) is 11.3 Å². The second-order valence-corrected chi connectivity index (χ2v) is 5.41. The first-order valence-corrected chi connectivity index (χ1v) is 6.78. The number of allylic oxidation sites excluding steroid dienone is 1. The van der Waals surface area contributed by atoms with Crippen LogP contribution in [0.15, 0.2) is 29.8 Å². The zero-order valence-electron chi connectivity index (χ0n) is 9.50. The van der Waals surface area contributed by atoms with Gasteiger partial charge in [-0.3, -0.25) is 4.98 Å². The molecule has 2 aromatic heterocycles.